The maximum Gasteiger partial charge on any atom is 0.254 e. The van der Waals surface area contributed by atoms with Gasteiger partial charge in [-0.3, -0.25) is 9.59 Å². The third-order valence-corrected chi connectivity index (χ3v) is 3.78. The van der Waals surface area contributed by atoms with Gasteiger partial charge in [0.1, 0.15) is 0 Å². The molecule has 0 aliphatic carbocycles. The van der Waals surface area contributed by atoms with Crippen LogP contribution in [0, 0.1) is 0 Å². The number of piperidine rings is 1. The Morgan fingerprint density at radius 2 is 2.19 bits per heavy atom. The first-order chi connectivity index (χ1) is 10.1. The molecule has 1 atom stereocenters. The minimum Gasteiger partial charge on any atom is -0.396 e. The van der Waals surface area contributed by atoms with Gasteiger partial charge >= 0.3 is 0 Å². The van der Waals surface area contributed by atoms with E-state index in [-0.39, 0.29) is 24.5 Å². The average molecular weight is 290 g/mol. The maximum absolute atomic E-state index is 12.7. The second-order valence-electron chi connectivity index (χ2n) is 5.42. The van der Waals surface area contributed by atoms with Gasteiger partial charge in [-0.15, -0.1) is 0 Å². The number of nitrogens with zero attached hydrogens (tertiary/aromatic N) is 1. The third-order valence-electron chi connectivity index (χ3n) is 3.78. The Morgan fingerprint density at radius 1 is 1.38 bits per heavy atom. The van der Waals surface area contributed by atoms with Crippen molar-refractivity contribution >= 4 is 17.5 Å². The van der Waals surface area contributed by atoms with E-state index < -0.39 is 0 Å². The molecular formula is C16H22N2O3. The largest absolute Gasteiger partial charge is 0.396 e. The minimum absolute atomic E-state index is 0.0275. The molecule has 1 heterocycles. The van der Waals surface area contributed by atoms with Crippen LogP contribution in [0.25, 0.3) is 0 Å². The lowest BCUT2D eigenvalue weighted by atomic mass is 9.98. The van der Waals surface area contributed by atoms with Crippen molar-refractivity contribution in [3.63, 3.8) is 0 Å². The van der Waals surface area contributed by atoms with Gasteiger partial charge < -0.3 is 15.3 Å². The van der Waals surface area contributed by atoms with Gasteiger partial charge in [-0.1, -0.05) is 6.07 Å². The maximum atomic E-state index is 12.7. The SMILES string of the molecule is CC(=O)Nc1cccc(C(=O)N2CCCCC2CCO)c1. The number of aliphatic hydroxyl groups is 1. The first-order valence-electron chi connectivity index (χ1n) is 7.41. The van der Waals surface area contributed by atoms with Crippen molar-refractivity contribution in [3.8, 4) is 0 Å². The molecule has 2 amide bonds. The van der Waals surface area contributed by atoms with Crippen molar-refractivity contribution in [3.05, 3.63) is 29.8 Å². The number of benzene rings is 1. The van der Waals surface area contributed by atoms with E-state index in [0.29, 0.717) is 17.7 Å². The van der Waals surface area contributed by atoms with Crippen LogP contribution in [0.15, 0.2) is 24.3 Å². The van der Waals surface area contributed by atoms with Crippen LogP contribution in [0.3, 0.4) is 0 Å². The van der Waals surface area contributed by atoms with Crippen LogP contribution in [0.2, 0.25) is 0 Å². The summed E-state index contributed by atoms with van der Waals surface area (Å²) >= 11 is 0. The summed E-state index contributed by atoms with van der Waals surface area (Å²) in [5, 5.41) is 11.8. The number of aliphatic hydroxyl groups excluding tert-OH is 1. The molecule has 0 bridgehead atoms. The number of anilines is 1. The van der Waals surface area contributed by atoms with Crippen LogP contribution in [-0.2, 0) is 4.79 Å². The van der Waals surface area contributed by atoms with Gasteiger partial charge in [0.15, 0.2) is 0 Å². The molecule has 5 heteroatoms. The highest BCUT2D eigenvalue weighted by molar-refractivity contribution is 5.97. The molecule has 1 aliphatic rings. The molecule has 1 aliphatic heterocycles. The van der Waals surface area contributed by atoms with Gasteiger partial charge in [-0.2, -0.15) is 0 Å². The van der Waals surface area contributed by atoms with Gasteiger partial charge in [0.05, 0.1) is 0 Å². The molecule has 114 valence electrons. The fourth-order valence-corrected chi connectivity index (χ4v) is 2.82. The zero-order valence-electron chi connectivity index (χ0n) is 12.3. The lowest BCUT2D eigenvalue weighted by molar-refractivity contribution is -0.114. The number of carbonyl (C=O) groups is 2. The van der Waals surface area contributed by atoms with E-state index in [4.69, 9.17) is 5.11 Å². The number of likely N-dealkylation sites (tertiary alicyclic amines) is 1. The van der Waals surface area contributed by atoms with Crippen molar-refractivity contribution in [2.75, 3.05) is 18.5 Å². The predicted octanol–water partition coefficient (Wildman–Crippen LogP) is 2.02. The Kier molecular flexibility index (Phi) is 5.33. The fraction of sp³-hybridized carbons (Fsp3) is 0.500. The minimum atomic E-state index is -0.157. The smallest absolute Gasteiger partial charge is 0.254 e. The molecule has 2 N–H and O–H groups in total. The summed E-state index contributed by atoms with van der Waals surface area (Å²) in [5.41, 5.74) is 1.20. The topological polar surface area (TPSA) is 69.6 Å². The van der Waals surface area contributed by atoms with E-state index in [9.17, 15) is 9.59 Å². The summed E-state index contributed by atoms with van der Waals surface area (Å²) < 4.78 is 0. The van der Waals surface area contributed by atoms with Crippen molar-refractivity contribution in [1.82, 2.24) is 4.90 Å². The molecule has 0 saturated carbocycles. The van der Waals surface area contributed by atoms with Gasteiger partial charge in [-0.25, -0.2) is 0 Å². The number of hydrogen-bond donors (Lipinski definition) is 2. The quantitative estimate of drug-likeness (QED) is 0.891. The van der Waals surface area contributed by atoms with Crippen molar-refractivity contribution in [1.29, 1.82) is 0 Å². The van der Waals surface area contributed by atoms with Crippen LogP contribution < -0.4 is 5.32 Å². The number of nitrogens with one attached hydrogen (secondary N) is 1. The summed E-state index contributed by atoms with van der Waals surface area (Å²) in [6, 6.07) is 7.11. The van der Waals surface area contributed by atoms with Crippen LogP contribution in [0.5, 0.6) is 0 Å². The van der Waals surface area contributed by atoms with Gasteiger partial charge in [0.2, 0.25) is 5.91 Å². The average Bonchev–Trinajstić information content (AvgIpc) is 2.47. The highest BCUT2D eigenvalue weighted by Gasteiger charge is 2.27. The first kappa shape index (κ1) is 15.5. The Hall–Kier alpha value is -1.88. The number of carbonyl (C=O) groups excluding carboxylic acids is 2. The number of hydrogen-bond acceptors (Lipinski definition) is 3. The summed E-state index contributed by atoms with van der Waals surface area (Å²) in [6.07, 6.45) is 3.66. The van der Waals surface area contributed by atoms with E-state index in [1.54, 1.807) is 24.3 Å². The zero-order chi connectivity index (χ0) is 15.2. The second-order valence-corrected chi connectivity index (χ2v) is 5.42. The molecule has 0 spiro atoms. The third kappa shape index (κ3) is 4.04. The highest BCUT2D eigenvalue weighted by Crippen LogP contribution is 2.22. The van der Waals surface area contributed by atoms with E-state index in [1.807, 2.05) is 4.90 Å². The zero-order valence-corrected chi connectivity index (χ0v) is 12.3. The number of rotatable bonds is 4. The first-order valence-corrected chi connectivity index (χ1v) is 7.41. The van der Waals surface area contributed by atoms with Gasteiger partial charge in [-0.05, 0) is 43.9 Å². The molecule has 1 aromatic rings. The standard InChI is InChI=1S/C16H22N2O3/c1-12(20)17-14-6-4-5-13(11-14)16(21)18-9-3-2-7-15(18)8-10-19/h4-6,11,15,19H,2-3,7-10H2,1H3,(H,17,20). The lowest BCUT2D eigenvalue weighted by Crippen LogP contribution is -2.44. The molecule has 1 saturated heterocycles. The molecule has 2 rings (SSSR count). The monoisotopic (exact) mass is 290 g/mol. The highest BCUT2D eigenvalue weighted by atomic mass is 16.3. The normalized spacial score (nSPS) is 18.4. The lowest BCUT2D eigenvalue weighted by Gasteiger charge is -2.35. The molecule has 21 heavy (non-hydrogen) atoms. The fourth-order valence-electron chi connectivity index (χ4n) is 2.82. The molecule has 0 radical (unpaired) electrons. The van der Waals surface area contributed by atoms with Crippen LogP contribution >= 0.6 is 0 Å². The van der Waals surface area contributed by atoms with Gasteiger partial charge in [0.25, 0.3) is 5.91 Å². The molecule has 1 fully saturated rings. The molecule has 1 aromatic carbocycles. The summed E-state index contributed by atoms with van der Waals surface area (Å²) in [4.78, 5) is 25.6. The Labute approximate surface area is 125 Å². The van der Waals surface area contributed by atoms with Crippen molar-refractivity contribution in [2.24, 2.45) is 0 Å². The summed E-state index contributed by atoms with van der Waals surface area (Å²) in [7, 11) is 0. The molecule has 5 nitrogen and oxygen atoms in total. The Balaban J connectivity index is 2.15. The van der Waals surface area contributed by atoms with E-state index in [1.165, 1.54) is 6.92 Å². The van der Waals surface area contributed by atoms with Crippen LogP contribution in [0.4, 0.5) is 5.69 Å². The van der Waals surface area contributed by atoms with Crippen molar-refractivity contribution in [2.45, 2.75) is 38.6 Å². The van der Waals surface area contributed by atoms with E-state index in [0.717, 1.165) is 25.8 Å². The van der Waals surface area contributed by atoms with Crippen LogP contribution in [0.1, 0.15) is 43.0 Å². The second kappa shape index (κ2) is 7.22. The van der Waals surface area contributed by atoms with Crippen molar-refractivity contribution < 1.29 is 14.7 Å². The van der Waals surface area contributed by atoms with Gasteiger partial charge in [0, 0.05) is 37.4 Å². The Morgan fingerprint density at radius 3 is 2.90 bits per heavy atom. The Bertz CT molecular complexity index is 514. The van der Waals surface area contributed by atoms with E-state index in [2.05, 4.69) is 5.32 Å². The predicted molar refractivity (Wildman–Crippen MR) is 81.1 cm³/mol. The molecular weight excluding hydrogens is 268 g/mol. The summed E-state index contributed by atoms with van der Waals surface area (Å²) in [5.74, 6) is -0.184. The van der Waals surface area contributed by atoms with Crippen LogP contribution in [-0.4, -0.2) is 41.0 Å². The van der Waals surface area contributed by atoms with E-state index >= 15 is 0 Å². The molecule has 1 unspecified atom stereocenters. The number of amides is 2. The molecule has 0 aromatic heterocycles. The summed E-state index contributed by atoms with van der Waals surface area (Å²) in [6.45, 7) is 2.27.